The summed E-state index contributed by atoms with van der Waals surface area (Å²) in [7, 11) is 0. The highest BCUT2D eigenvalue weighted by Crippen LogP contribution is 2.04. The van der Waals surface area contributed by atoms with E-state index in [0.717, 1.165) is 11.3 Å². The Hall–Kier alpha value is -1.14. The summed E-state index contributed by atoms with van der Waals surface area (Å²) in [5.41, 5.74) is 5.60. The second kappa shape index (κ2) is 4.59. The molecule has 1 heterocycles. The topological polar surface area (TPSA) is 88.0 Å². The summed E-state index contributed by atoms with van der Waals surface area (Å²) in [6, 6.07) is 0. The predicted octanol–water partition coefficient (Wildman–Crippen LogP) is 0.180. The first-order valence-corrected chi connectivity index (χ1v) is 5.57. The third kappa shape index (κ3) is 3.17. The van der Waals surface area contributed by atoms with Gasteiger partial charge in [0.05, 0.1) is 12.1 Å². The van der Waals surface area contributed by atoms with Crippen LogP contribution in [0.15, 0.2) is 10.2 Å². The number of amides is 1. The molecular weight excluding hydrogens is 214 g/mol. The van der Waals surface area contributed by atoms with Gasteiger partial charge in [0.2, 0.25) is 5.91 Å². The number of carbonyl (C=O) groups is 1. The summed E-state index contributed by atoms with van der Waals surface area (Å²) in [6.45, 7) is 3.84. The van der Waals surface area contributed by atoms with E-state index >= 15 is 0 Å². The van der Waals surface area contributed by atoms with Crippen molar-refractivity contribution in [2.75, 3.05) is 0 Å². The van der Waals surface area contributed by atoms with Crippen LogP contribution in [0.4, 0.5) is 0 Å². The fraction of sp³-hybridized carbons (Fsp3) is 0.556. The zero-order valence-corrected chi connectivity index (χ0v) is 9.61. The maximum atomic E-state index is 11.6. The first kappa shape index (κ1) is 11.9. The summed E-state index contributed by atoms with van der Waals surface area (Å²) in [6.07, 6.45) is 0.568. The first-order valence-electron chi connectivity index (χ1n) is 4.69. The number of aromatic amines is 1. The minimum atomic E-state index is -0.851. The van der Waals surface area contributed by atoms with E-state index in [1.807, 2.05) is 6.92 Å². The lowest BCUT2D eigenvalue weighted by molar-refractivity contribution is -0.126. The van der Waals surface area contributed by atoms with Crippen LogP contribution in [0.25, 0.3) is 0 Å². The van der Waals surface area contributed by atoms with Crippen molar-refractivity contribution in [2.24, 2.45) is 5.73 Å². The zero-order chi connectivity index (χ0) is 11.5. The van der Waals surface area contributed by atoms with Gasteiger partial charge < -0.3 is 16.0 Å². The number of thiazole rings is 1. The van der Waals surface area contributed by atoms with Crippen LogP contribution in [0.5, 0.6) is 0 Å². The molecule has 1 rings (SSSR count). The van der Waals surface area contributed by atoms with E-state index in [4.69, 9.17) is 5.73 Å². The van der Waals surface area contributed by atoms with Gasteiger partial charge in [0, 0.05) is 11.1 Å². The molecule has 0 aliphatic rings. The SMILES string of the molecule is CCC(C)(N)C(=O)NCc1csc(=O)[nH]1. The molecule has 1 aromatic heterocycles. The zero-order valence-electron chi connectivity index (χ0n) is 8.79. The Kier molecular flexibility index (Phi) is 3.65. The third-order valence-electron chi connectivity index (χ3n) is 2.26. The van der Waals surface area contributed by atoms with Gasteiger partial charge >= 0.3 is 4.87 Å². The van der Waals surface area contributed by atoms with Crippen LogP contribution in [-0.2, 0) is 11.3 Å². The van der Waals surface area contributed by atoms with Gasteiger partial charge in [0.15, 0.2) is 0 Å². The normalized spacial score (nSPS) is 14.6. The molecule has 6 heteroatoms. The Morgan fingerprint density at radius 2 is 2.40 bits per heavy atom. The molecule has 0 aromatic carbocycles. The molecule has 0 saturated carbocycles. The maximum absolute atomic E-state index is 11.6. The molecule has 0 aliphatic carbocycles. The second-order valence-electron chi connectivity index (χ2n) is 3.63. The largest absolute Gasteiger partial charge is 0.349 e. The molecule has 0 spiro atoms. The van der Waals surface area contributed by atoms with E-state index in [9.17, 15) is 9.59 Å². The average Bonchev–Trinajstić information content (AvgIpc) is 2.60. The highest BCUT2D eigenvalue weighted by molar-refractivity contribution is 7.07. The lowest BCUT2D eigenvalue weighted by Gasteiger charge is -2.21. The summed E-state index contributed by atoms with van der Waals surface area (Å²) in [5.74, 6) is -0.211. The highest BCUT2D eigenvalue weighted by atomic mass is 32.1. The molecule has 0 aliphatic heterocycles. The van der Waals surface area contributed by atoms with Gasteiger partial charge in [0.25, 0.3) is 0 Å². The van der Waals surface area contributed by atoms with Gasteiger partial charge in [-0.3, -0.25) is 9.59 Å². The van der Waals surface area contributed by atoms with E-state index in [1.54, 1.807) is 12.3 Å². The van der Waals surface area contributed by atoms with Gasteiger partial charge in [0.1, 0.15) is 0 Å². The lowest BCUT2D eigenvalue weighted by atomic mass is 10.00. The molecule has 4 N–H and O–H groups in total. The molecule has 1 unspecified atom stereocenters. The van der Waals surface area contributed by atoms with E-state index in [0.29, 0.717) is 18.7 Å². The molecule has 1 amide bonds. The Morgan fingerprint density at radius 3 is 2.87 bits per heavy atom. The van der Waals surface area contributed by atoms with Crippen LogP contribution in [0, 0.1) is 0 Å². The fourth-order valence-electron chi connectivity index (χ4n) is 0.939. The third-order valence-corrected chi connectivity index (χ3v) is 2.98. The molecule has 5 nitrogen and oxygen atoms in total. The molecule has 0 bridgehead atoms. The number of hydrogen-bond acceptors (Lipinski definition) is 4. The molecule has 0 fully saturated rings. The summed E-state index contributed by atoms with van der Waals surface area (Å²) in [4.78, 5) is 24.9. The quantitative estimate of drug-likeness (QED) is 0.688. The predicted molar refractivity (Wildman–Crippen MR) is 59.7 cm³/mol. The summed E-state index contributed by atoms with van der Waals surface area (Å²) >= 11 is 1.08. The van der Waals surface area contributed by atoms with Crippen LogP contribution in [0.2, 0.25) is 0 Å². The van der Waals surface area contributed by atoms with Crippen LogP contribution >= 0.6 is 11.3 Å². The number of rotatable bonds is 4. The number of carbonyl (C=O) groups excluding carboxylic acids is 1. The molecular formula is C9H15N3O2S. The average molecular weight is 229 g/mol. The fourth-order valence-corrected chi connectivity index (χ4v) is 1.52. The molecule has 1 aromatic rings. The minimum Gasteiger partial charge on any atom is -0.349 e. The first-order chi connectivity index (χ1) is 6.95. The number of aromatic nitrogens is 1. The molecule has 84 valence electrons. The highest BCUT2D eigenvalue weighted by Gasteiger charge is 2.25. The van der Waals surface area contributed by atoms with Crippen LogP contribution < -0.4 is 15.9 Å². The van der Waals surface area contributed by atoms with Crippen molar-refractivity contribution in [2.45, 2.75) is 32.4 Å². The van der Waals surface area contributed by atoms with Gasteiger partial charge in [-0.15, -0.1) is 0 Å². The molecule has 0 radical (unpaired) electrons. The number of hydrogen-bond donors (Lipinski definition) is 3. The van der Waals surface area contributed by atoms with E-state index in [1.165, 1.54) is 0 Å². The van der Waals surface area contributed by atoms with Crippen molar-refractivity contribution < 1.29 is 4.79 Å². The monoisotopic (exact) mass is 229 g/mol. The van der Waals surface area contributed by atoms with Crippen molar-refractivity contribution in [1.82, 2.24) is 10.3 Å². The summed E-state index contributed by atoms with van der Waals surface area (Å²) in [5, 5.41) is 4.36. The van der Waals surface area contributed by atoms with Gasteiger partial charge in [-0.25, -0.2) is 0 Å². The smallest absolute Gasteiger partial charge is 0.304 e. The van der Waals surface area contributed by atoms with Crippen molar-refractivity contribution in [1.29, 1.82) is 0 Å². The van der Waals surface area contributed by atoms with Crippen molar-refractivity contribution in [3.05, 3.63) is 20.7 Å². The molecule has 0 saturated heterocycles. The Labute approximate surface area is 91.7 Å². The molecule has 1 atom stereocenters. The van der Waals surface area contributed by atoms with Crippen LogP contribution in [0.1, 0.15) is 26.0 Å². The van der Waals surface area contributed by atoms with Crippen molar-refractivity contribution in [3.63, 3.8) is 0 Å². The lowest BCUT2D eigenvalue weighted by Crippen LogP contribution is -2.50. The Balaban J connectivity index is 2.51. The van der Waals surface area contributed by atoms with Crippen molar-refractivity contribution in [3.8, 4) is 0 Å². The van der Waals surface area contributed by atoms with Gasteiger partial charge in [-0.1, -0.05) is 18.3 Å². The van der Waals surface area contributed by atoms with Crippen molar-refractivity contribution >= 4 is 17.2 Å². The van der Waals surface area contributed by atoms with Gasteiger partial charge in [-0.2, -0.15) is 0 Å². The second-order valence-corrected chi connectivity index (χ2v) is 4.47. The van der Waals surface area contributed by atoms with Gasteiger partial charge in [-0.05, 0) is 13.3 Å². The standard InChI is InChI=1S/C9H15N3O2S/c1-3-9(2,10)7(13)11-4-6-5-15-8(14)12-6/h5H,3-4,10H2,1-2H3,(H,11,13)(H,12,14). The summed E-state index contributed by atoms with van der Waals surface area (Å²) < 4.78 is 0. The van der Waals surface area contributed by atoms with Crippen LogP contribution in [-0.4, -0.2) is 16.4 Å². The van der Waals surface area contributed by atoms with E-state index in [-0.39, 0.29) is 10.8 Å². The Morgan fingerprint density at radius 1 is 1.73 bits per heavy atom. The number of nitrogens with two attached hydrogens (primary N) is 1. The Bertz CT molecular complexity index is 394. The maximum Gasteiger partial charge on any atom is 0.304 e. The van der Waals surface area contributed by atoms with Crippen LogP contribution in [0.3, 0.4) is 0 Å². The van der Waals surface area contributed by atoms with E-state index in [2.05, 4.69) is 10.3 Å². The number of H-pyrrole nitrogens is 1. The molecule has 15 heavy (non-hydrogen) atoms. The number of nitrogens with one attached hydrogen (secondary N) is 2. The minimum absolute atomic E-state index is 0.120. The van der Waals surface area contributed by atoms with E-state index < -0.39 is 5.54 Å².